The van der Waals surface area contributed by atoms with Gasteiger partial charge in [-0.15, -0.1) is 11.3 Å². The first-order valence-electron chi connectivity index (χ1n) is 3.30. The molecule has 1 aromatic rings. The normalized spacial score (nSPS) is 16.4. The Hall–Kier alpha value is 0.1000. The van der Waals surface area contributed by atoms with E-state index in [1.54, 1.807) is 11.3 Å². The number of hydrogen-bond acceptors (Lipinski definition) is 3. The molecule has 11 heavy (non-hydrogen) atoms. The van der Waals surface area contributed by atoms with Crippen molar-refractivity contribution in [1.82, 2.24) is 0 Å². The molecule has 0 saturated carbocycles. The second-order valence-corrected chi connectivity index (χ2v) is 4.58. The van der Waals surface area contributed by atoms with Crippen LogP contribution >= 0.6 is 27.3 Å². The lowest BCUT2D eigenvalue weighted by Gasteiger charge is -2.20. The second kappa shape index (κ2) is 3.23. The number of nitrogens with two attached hydrogens (primary N) is 2. The van der Waals surface area contributed by atoms with Gasteiger partial charge in [0.05, 0.1) is 5.54 Å². The van der Waals surface area contributed by atoms with Crippen molar-refractivity contribution >= 4 is 27.3 Å². The average Bonchev–Trinajstić information content (AvgIpc) is 2.36. The van der Waals surface area contributed by atoms with Crippen molar-refractivity contribution < 1.29 is 0 Å². The minimum atomic E-state index is -0.378. The smallest absolute Gasteiger partial charge is 0.0599 e. The molecule has 0 aliphatic rings. The van der Waals surface area contributed by atoms with Gasteiger partial charge in [0.2, 0.25) is 0 Å². The zero-order valence-electron chi connectivity index (χ0n) is 6.30. The fourth-order valence-electron chi connectivity index (χ4n) is 0.713. The van der Waals surface area contributed by atoms with Gasteiger partial charge in [0.15, 0.2) is 0 Å². The largest absolute Gasteiger partial charge is 0.328 e. The van der Waals surface area contributed by atoms with E-state index in [0.717, 1.165) is 9.35 Å². The molecule has 0 fully saturated rings. The van der Waals surface area contributed by atoms with Crippen LogP contribution in [0.2, 0.25) is 0 Å². The highest BCUT2D eigenvalue weighted by Gasteiger charge is 2.20. The number of rotatable bonds is 2. The standard InChI is InChI=1S/C7H11BrN2S/c1-7(10,4-9)6-2-5(8)3-11-6/h2-3H,4,9-10H2,1H3. The van der Waals surface area contributed by atoms with Crippen LogP contribution in [0.4, 0.5) is 0 Å². The highest BCUT2D eigenvalue weighted by atomic mass is 79.9. The number of hydrogen-bond donors (Lipinski definition) is 2. The van der Waals surface area contributed by atoms with E-state index in [1.165, 1.54) is 0 Å². The first-order chi connectivity index (χ1) is 5.06. The van der Waals surface area contributed by atoms with Crippen LogP contribution in [0.25, 0.3) is 0 Å². The molecule has 0 spiro atoms. The molecule has 1 heterocycles. The zero-order valence-corrected chi connectivity index (χ0v) is 8.71. The summed E-state index contributed by atoms with van der Waals surface area (Å²) in [6.45, 7) is 2.41. The monoisotopic (exact) mass is 234 g/mol. The lowest BCUT2D eigenvalue weighted by molar-refractivity contribution is 0.518. The van der Waals surface area contributed by atoms with Crippen LogP contribution < -0.4 is 11.5 Å². The molecule has 0 aliphatic heterocycles. The maximum Gasteiger partial charge on any atom is 0.0599 e. The Balaban J connectivity index is 2.92. The maximum atomic E-state index is 5.92. The van der Waals surface area contributed by atoms with Gasteiger partial charge in [0, 0.05) is 21.3 Å². The van der Waals surface area contributed by atoms with Gasteiger partial charge in [-0.2, -0.15) is 0 Å². The van der Waals surface area contributed by atoms with Gasteiger partial charge in [-0.25, -0.2) is 0 Å². The summed E-state index contributed by atoms with van der Waals surface area (Å²) in [4.78, 5) is 1.12. The fourth-order valence-corrected chi connectivity index (χ4v) is 2.23. The van der Waals surface area contributed by atoms with Crippen LogP contribution in [0.5, 0.6) is 0 Å². The molecule has 2 nitrogen and oxygen atoms in total. The molecule has 1 aromatic heterocycles. The van der Waals surface area contributed by atoms with Crippen LogP contribution in [0.15, 0.2) is 15.9 Å². The van der Waals surface area contributed by atoms with Crippen LogP contribution in [-0.4, -0.2) is 6.54 Å². The highest BCUT2D eigenvalue weighted by molar-refractivity contribution is 9.10. The topological polar surface area (TPSA) is 52.0 Å². The minimum Gasteiger partial charge on any atom is -0.328 e. The quantitative estimate of drug-likeness (QED) is 0.818. The van der Waals surface area contributed by atoms with E-state index in [0.29, 0.717) is 6.54 Å². The summed E-state index contributed by atoms with van der Waals surface area (Å²) in [7, 11) is 0. The first-order valence-corrected chi connectivity index (χ1v) is 4.97. The van der Waals surface area contributed by atoms with Crippen molar-refractivity contribution in [1.29, 1.82) is 0 Å². The van der Waals surface area contributed by atoms with Crippen molar-refractivity contribution in [2.45, 2.75) is 12.5 Å². The molecule has 0 aliphatic carbocycles. The van der Waals surface area contributed by atoms with Crippen molar-refractivity contribution in [2.75, 3.05) is 6.54 Å². The minimum absolute atomic E-state index is 0.378. The van der Waals surface area contributed by atoms with E-state index in [4.69, 9.17) is 11.5 Å². The summed E-state index contributed by atoms with van der Waals surface area (Å²) in [6.07, 6.45) is 0. The third-order valence-electron chi connectivity index (χ3n) is 1.55. The molecule has 4 heteroatoms. The van der Waals surface area contributed by atoms with Crippen LogP contribution in [0.1, 0.15) is 11.8 Å². The van der Waals surface area contributed by atoms with Gasteiger partial charge in [-0.05, 0) is 28.9 Å². The van der Waals surface area contributed by atoms with Gasteiger partial charge in [-0.1, -0.05) is 0 Å². The van der Waals surface area contributed by atoms with Crippen LogP contribution in [-0.2, 0) is 5.54 Å². The summed E-state index contributed by atoms with van der Waals surface area (Å²) in [5.74, 6) is 0. The molecule has 1 rings (SSSR count). The van der Waals surface area contributed by atoms with Crippen LogP contribution in [0.3, 0.4) is 0 Å². The number of thiophene rings is 1. The molecule has 0 aromatic carbocycles. The molecule has 0 amide bonds. The molecule has 0 radical (unpaired) electrons. The predicted octanol–water partition coefficient (Wildman–Crippen LogP) is 1.64. The summed E-state index contributed by atoms with van der Waals surface area (Å²) in [6, 6.07) is 2.01. The third kappa shape index (κ3) is 2.02. The Morgan fingerprint density at radius 1 is 1.73 bits per heavy atom. The van der Waals surface area contributed by atoms with Gasteiger partial charge < -0.3 is 11.5 Å². The van der Waals surface area contributed by atoms with Crippen molar-refractivity contribution in [3.05, 3.63) is 20.8 Å². The molecule has 62 valence electrons. The Bertz CT molecular complexity index is 244. The van der Waals surface area contributed by atoms with E-state index < -0.39 is 0 Å². The van der Waals surface area contributed by atoms with Gasteiger partial charge in [-0.3, -0.25) is 0 Å². The van der Waals surface area contributed by atoms with E-state index in [2.05, 4.69) is 15.9 Å². The Morgan fingerprint density at radius 3 is 2.73 bits per heavy atom. The van der Waals surface area contributed by atoms with E-state index in [-0.39, 0.29) is 5.54 Å². The van der Waals surface area contributed by atoms with Gasteiger partial charge >= 0.3 is 0 Å². The Morgan fingerprint density at radius 2 is 2.36 bits per heavy atom. The lowest BCUT2D eigenvalue weighted by atomic mass is 10.0. The van der Waals surface area contributed by atoms with E-state index in [1.807, 2.05) is 18.4 Å². The SMILES string of the molecule is CC(N)(CN)c1cc(Br)cs1. The predicted molar refractivity (Wildman–Crippen MR) is 52.6 cm³/mol. The Labute approximate surface area is 78.7 Å². The van der Waals surface area contributed by atoms with Gasteiger partial charge in [0.25, 0.3) is 0 Å². The Kier molecular flexibility index (Phi) is 2.70. The van der Waals surface area contributed by atoms with E-state index >= 15 is 0 Å². The number of halogens is 1. The van der Waals surface area contributed by atoms with Crippen molar-refractivity contribution in [3.8, 4) is 0 Å². The highest BCUT2D eigenvalue weighted by Crippen LogP contribution is 2.27. The maximum absolute atomic E-state index is 5.92. The molecule has 1 atom stereocenters. The van der Waals surface area contributed by atoms with Gasteiger partial charge in [0.1, 0.15) is 0 Å². The summed E-state index contributed by atoms with van der Waals surface area (Å²) in [5, 5.41) is 2.01. The molecule has 0 bridgehead atoms. The molecule has 1 unspecified atom stereocenters. The first kappa shape index (κ1) is 9.19. The van der Waals surface area contributed by atoms with Crippen molar-refractivity contribution in [2.24, 2.45) is 11.5 Å². The zero-order chi connectivity index (χ0) is 8.48. The lowest BCUT2D eigenvalue weighted by Crippen LogP contribution is -2.39. The van der Waals surface area contributed by atoms with E-state index in [9.17, 15) is 0 Å². The summed E-state index contributed by atoms with van der Waals surface area (Å²) < 4.78 is 1.07. The summed E-state index contributed by atoms with van der Waals surface area (Å²) >= 11 is 5.00. The third-order valence-corrected chi connectivity index (χ3v) is 3.53. The average molecular weight is 235 g/mol. The molecule has 0 saturated heterocycles. The molecular weight excluding hydrogens is 224 g/mol. The fraction of sp³-hybridized carbons (Fsp3) is 0.429. The molecule has 4 N–H and O–H groups in total. The summed E-state index contributed by atoms with van der Waals surface area (Å²) in [5.41, 5.74) is 11.1. The van der Waals surface area contributed by atoms with Crippen LogP contribution in [0, 0.1) is 0 Å². The van der Waals surface area contributed by atoms with Crippen molar-refractivity contribution in [3.63, 3.8) is 0 Å². The second-order valence-electron chi connectivity index (χ2n) is 2.75. The molecular formula is C7H11BrN2S.